The molecular weight excluding hydrogens is 280 g/mol. The maximum Gasteiger partial charge on any atom is 0.228 e. The number of benzene rings is 1. The number of carbonyl (C=O) groups excluding carboxylic acids is 1. The number of hydrogen-bond acceptors (Lipinski definition) is 4. The molecule has 2 rings (SSSR count). The van der Waals surface area contributed by atoms with Crippen LogP contribution in [0.2, 0.25) is 0 Å². The number of nitrogens with two attached hydrogens (primary N) is 2. The third-order valence-electron chi connectivity index (χ3n) is 2.95. The summed E-state index contributed by atoms with van der Waals surface area (Å²) in [5, 5.41) is 3.89. The molecule has 0 aliphatic carbocycles. The highest BCUT2D eigenvalue weighted by atomic mass is 32.2. The van der Waals surface area contributed by atoms with Gasteiger partial charge in [0.1, 0.15) is 5.25 Å². The van der Waals surface area contributed by atoms with Gasteiger partial charge in [0.25, 0.3) is 0 Å². The molecule has 19 heavy (non-hydrogen) atoms. The van der Waals surface area contributed by atoms with E-state index < -0.39 is 38.5 Å². The van der Waals surface area contributed by atoms with Gasteiger partial charge >= 0.3 is 0 Å². The van der Waals surface area contributed by atoms with Crippen molar-refractivity contribution >= 4 is 27.3 Å². The predicted molar refractivity (Wildman–Crippen MR) is 64.6 cm³/mol. The molecule has 0 aromatic heterocycles. The van der Waals surface area contributed by atoms with Crippen LogP contribution in [0.15, 0.2) is 12.1 Å². The summed E-state index contributed by atoms with van der Waals surface area (Å²) in [5.74, 6) is -2.98. The summed E-state index contributed by atoms with van der Waals surface area (Å²) in [6, 6.07) is 1.94. The van der Waals surface area contributed by atoms with Gasteiger partial charge in [-0.05, 0) is 12.1 Å². The minimum Gasteiger partial charge on any atom is -0.395 e. The molecule has 1 aliphatic rings. The first-order chi connectivity index (χ1) is 8.71. The number of hydrogen-bond donors (Lipinski definition) is 2. The summed E-state index contributed by atoms with van der Waals surface area (Å²) < 4.78 is 48.6. The molecule has 1 atom stereocenters. The van der Waals surface area contributed by atoms with E-state index in [0.29, 0.717) is 0 Å². The van der Waals surface area contributed by atoms with Crippen LogP contribution in [0.3, 0.4) is 0 Å². The summed E-state index contributed by atoms with van der Waals surface area (Å²) in [6.07, 6.45) is -0.308. The average molecular weight is 291 g/mol. The van der Waals surface area contributed by atoms with Crippen molar-refractivity contribution in [3.63, 3.8) is 0 Å². The van der Waals surface area contributed by atoms with E-state index in [1.807, 2.05) is 0 Å². The summed E-state index contributed by atoms with van der Waals surface area (Å²) >= 11 is 0. The van der Waals surface area contributed by atoms with Gasteiger partial charge in [-0.15, -0.1) is 0 Å². The van der Waals surface area contributed by atoms with Crippen molar-refractivity contribution in [2.45, 2.75) is 11.7 Å². The molecule has 4 N–H and O–H groups in total. The minimum absolute atomic E-state index is 0.0601. The number of anilines is 2. The molecule has 0 saturated carbocycles. The minimum atomic E-state index is -3.88. The lowest BCUT2D eigenvalue weighted by atomic mass is 10.2. The molecule has 104 valence electrons. The van der Waals surface area contributed by atoms with Gasteiger partial charge in [0.05, 0.1) is 11.4 Å². The Labute approximate surface area is 108 Å². The van der Waals surface area contributed by atoms with Crippen LogP contribution in [0.25, 0.3) is 0 Å². The topological polar surface area (TPSA) is 106 Å². The van der Waals surface area contributed by atoms with Crippen LogP contribution in [0.5, 0.6) is 0 Å². The number of amides is 1. The first kappa shape index (κ1) is 13.7. The van der Waals surface area contributed by atoms with E-state index in [-0.39, 0.29) is 18.7 Å². The van der Waals surface area contributed by atoms with Gasteiger partial charge in [-0.2, -0.15) is 0 Å². The molecule has 1 aromatic carbocycles. The second-order valence-electron chi connectivity index (χ2n) is 4.21. The fourth-order valence-corrected chi connectivity index (χ4v) is 2.65. The highest BCUT2D eigenvalue weighted by Crippen LogP contribution is 2.31. The summed E-state index contributed by atoms with van der Waals surface area (Å²) in [7, 11) is -3.88. The molecule has 0 bridgehead atoms. The Morgan fingerprint density at radius 1 is 1.32 bits per heavy atom. The molecule has 1 aliphatic heterocycles. The third kappa shape index (κ3) is 2.38. The molecule has 1 heterocycles. The number of carbonyl (C=O) groups is 1. The highest BCUT2D eigenvalue weighted by Gasteiger charge is 2.38. The molecule has 1 saturated heterocycles. The van der Waals surface area contributed by atoms with E-state index in [2.05, 4.69) is 0 Å². The van der Waals surface area contributed by atoms with Crippen molar-refractivity contribution in [2.75, 3.05) is 17.2 Å². The molecule has 1 fully saturated rings. The highest BCUT2D eigenvalue weighted by molar-refractivity contribution is 7.89. The van der Waals surface area contributed by atoms with Crippen molar-refractivity contribution in [1.82, 2.24) is 0 Å². The average Bonchev–Trinajstić information content (AvgIpc) is 2.68. The molecule has 1 unspecified atom stereocenters. The normalized spacial score (nSPS) is 20.1. The number of nitrogens with zero attached hydrogens (tertiary/aromatic N) is 1. The number of primary sulfonamides is 1. The molecule has 1 aromatic rings. The Bertz CT molecular complexity index is 648. The molecular formula is C10H11F2N3O3S. The molecule has 0 spiro atoms. The maximum atomic E-state index is 13.3. The van der Waals surface area contributed by atoms with E-state index in [1.165, 1.54) is 0 Å². The Balaban J connectivity index is 2.39. The van der Waals surface area contributed by atoms with Crippen molar-refractivity contribution in [3.8, 4) is 0 Å². The lowest BCUT2D eigenvalue weighted by molar-refractivity contribution is -0.117. The smallest absolute Gasteiger partial charge is 0.228 e. The lowest BCUT2D eigenvalue weighted by Crippen LogP contribution is -2.32. The molecule has 1 amide bonds. The van der Waals surface area contributed by atoms with Crippen LogP contribution in [-0.4, -0.2) is 26.1 Å². The Morgan fingerprint density at radius 3 is 2.47 bits per heavy atom. The zero-order valence-corrected chi connectivity index (χ0v) is 10.5. The van der Waals surface area contributed by atoms with Gasteiger partial charge < -0.3 is 10.6 Å². The quantitative estimate of drug-likeness (QED) is 0.744. The number of nitrogen functional groups attached to an aromatic ring is 1. The molecule has 0 radical (unpaired) electrons. The first-order valence-electron chi connectivity index (χ1n) is 5.27. The monoisotopic (exact) mass is 291 g/mol. The third-order valence-corrected chi connectivity index (χ3v) is 4.20. The van der Waals surface area contributed by atoms with Crippen molar-refractivity contribution in [2.24, 2.45) is 5.14 Å². The van der Waals surface area contributed by atoms with Crippen LogP contribution >= 0.6 is 0 Å². The van der Waals surface area contributed by atoms with Crippen molar-refractivity contribution in [3.05, 3.63) is 23.8 Å². The van der Waals surface area contributed by atoms with E-state index in [9.17, 15) is 22.0 Å². The van der Waals surface area contributed by atoms with Crippen LogP contribution in [-0.2, 0) is 14.8 Å². The van der Waals surface area contributed by atoms with Gasteiger partial charge in [-0.25, -0.2) is 22.3 Å². The summed E-state index contributed by atoms with van der Waals surface area (Å²) in [4.78, 5) is 12.7. The van der Waals surface area contributed by atoms with Gasteiger partial charge in [-0.1, -0.05) is 0 Å². The number of halogens is 2. The standard InChI is InChI=1S/C10H11F2N3O3S/c11-6-1-2-7(10(13)9(6)12)15-4-5(3-8(15)16)19(14,17)18/h1-2,5H,3-4,13H2,(H2,14,17,18). The Morgan fingerprint density at radius 2 is 1.95 bits per heavy atom. The maximum absolute atomic E-state index is 13.3. The Kier molecular flexibility index (Phi) is 3.19. The molecule has 9 heteroatoms. The van der Waals surface area contributed by atoms with Gasteiger partial charge in [0, 0.05) is 13.0 Å². The van der Waals surface area contributed by atoms with Crippen LogP contribution in [0.4, 0.5) is 20.2 Å². The van der Waals surface area contributed by atoms with E-state index in [4.69, 9.17) is 10.9 Å². The van der Waals surface area contributed by atoms with Gasteiger partial charge in [0.15, 0.2) is 11.6 Å². The lowest BCUT2D eigenvalue weighted by Gasteiger charge is -2.18. The van der Waals surface area contributed by atoms with Crippen molar-refractivity contribution < 1.29 is 22.0 Å². The van der Waals surface area contributed by atoms with E-state index in [0.717, 1.165) is 17.0 Å². The van der Waals surface area contributed by atoms with E-state index in [1.54, 1.807) is 0 Å². The second kappa shape index (κ2) is 4.42. The predicted octanol–water partition coefficient (Wildman–Crippen LogP) is -0.0592. The fourth-order valence-electron chi connectivity index (χ4n) is 1.92. The molecule has 6 nitrogen and oxygen atoms in total. The largest absolute Gasteiger partial charge is 0.395 e. The summed E-state index contributed by atoms with van der Waals surface area (Å²) in [6.45, 7) is -0.229. The van der Waals surface area contributed by atoms with Gasteiger partial charge in [0.2, 0.25) is 15.9 Å². The second-order valence-corrected chi connectivity index (χ2v) is 6.06. The number of sulfonamides is 1. The zero-order chi connectivity index (χ0) is 14.4. The Hall–Kier alpha value is -1.74. The zero-order valence-electron chi connectivity index (χ0n) is 9.64. The van der Waals surface area contributed by atoms with Gasteiger partial charge in [-0.3, -0.25) is 4.79 Å². The summed E-state index contributed by atoms with van der Waals surface area (Å²) in [5.41, 5.74) is 4.79. The number of rotatable bonds is 2. The van der Waals surface area contributed by atoms with Crippen LogP contribution in [0.1, 0.15) is 6.42 Å². The van der Waals surface area contributed by atoms with Crippen molar-refractivity contribution in [1.29, 1.82) is 0 Å². The first-order valence-corrected chi connectivity index (χ1v) is 6.88. The van der Waals surface area contributed by atoms with Crippen LogP contribution in [0, 0.1) is 11.6 Å². The fraction of sp³-hybridized carbons (Fsp3) is 0.300. The SMILES string of the molecule is Nc1c(N2CC(S(N)(=O)=O)CC2=O)ccc(F)c1F. The van der Waals surface area contributed by atoms with Crippen LogP contribution < -0.4 is 15.8 Å². The van der Waals surface area contributed by atoms with E-state index >= 15 is 0 Å².